The van der Waals surface area contributed by atoms with Crippen molar-refractivity contribution in [2.24, 2.45) is 5.10 Å². The second-order valence-electron chi connectivity index (χ2n) is 4.59. The number of phenols is 1. The number of halogens is 5. The van der Waals surface area contributed by atoms with Gasteiger partial charge >= 0.3 is 6.36 Å². The van der Waals surface area contributed by atoms with E-state index in [2.05, 4.69) is 47.1 Å². The number of phenolic OH excluding ortho intramolecular Hbond substituents is 1. The first-order valence-electron chi connectivity index (χ1n) is 6.53. The Hall–Kier alpha value is -2.07. The molecule has 5 nitrogen and oxygen atoms in total. The van der Waals surface area contributed by atoms with Crippen LogP contribution in [0.2, 0.25) is 0 Å². The molecule has 0 bridgehead atoms. The molecule has 2 aromatic rings. The second kappa shape index (κ2) is 7.87. The summed E-state index contributed by atoms with van der Waals surface area (Å²) in [7, 11) is 0. The quantitative estimate of drug-likeness (QED) is 0.496. The van der Waals surface area contributed by atoms with Crippen LogP contribution in [0.1, 0.15) is 15.9 Å². The zero-order valence-corrected chi connectivity index (χ0v) is 15.3. The van der Waals surface area contributed by atoms with Crippen molar-refractivity contribution in [3.63, 3.8) is 0 Å². The molecule has 10 heteroatoms. The van der Waals surface area contributed by atoms with Crippen molar-refractivity contribution < 1.29 is 27.8 Å². The first kappa shape index (κ1) is 19.3. The van der Waals surface area contributed by atoms with E-state index >= 15 is 0 Å². The molecule has 0 saturated carbocycles. The molecule has 2 N–H and O–H groups in total. The summed E-state index contributed by atoms with van der Waals surface area (Å²) >= 11 is 6.48. The zero-order valence-electron chi connectivity index (χ0n) is 12.1. The molecule has 0 saturated heterocycles. The number of rotatable bonds is 4. The normalized spacial score (nSPS) is 11.6. The van der Waals surface area contributed by atoms with Crippen LogP contribution in [0.25, 0.3) is 0 Å². The van der Waals surface area contributed by atoms with E-state index in [1.165, 1.54) is 0 Å². The van der Waals surface area contributed by atoms with Crippen LogP contribution in [0.5, 0.6) is 11.5 Å². The number of amides is 1. The molecular formula is C15H9Br2F3N2O3. The Bertz CT molecular complexity index is 826. The number of ether oxygens (including phenoxy) is 1. The summed E-state index contributed by atoms with van der Waals surface area (Å²) in [4.78, 5) is 12.0. The minimum Gasteiger partial charge on any atom is -0.507 e. The number of alkyl halides is 3. The lowest BCUT2D eigenvalue weighted by Gasteiger charge is -2.09. The van der Waals surface area contributed by atoms with Crippen molar-refractivity contribution >= 4 is 44.0 Å². The number of carbonyl (C=O) groups is 1. The van der Waals surface area contributed by atoms with Crippen LogP contribution in [0.3, 0.4) is 0 Å². The van der Waals surface area contributed by atoms with Crippen molar-refractivity contribution in [2.45, 2.75) is 6.36 Å². The van der Waals surface area contributed by atoms with E-state index in [0.29, 0.717) is 10.0 Å². The van der Waals surface area contributed by atoms with Crippen molar-refractivity contribution in [1.29, 1.82) is 0 Å². The van der Waals surface area contributed by atoms with Gasteiger partial charge in [0.15, 0.2) is 0 Å². The molecule has 0 aliphatic carbocycles. The smallest absolute Gasteiger partial charge is 0.507 e. The second-order valence-corrected chi connectivity index (χ2v) is 6.36. The minimum atomic E-state index is -4.85. The summed E-state index contributed by atoms with van der Waals surface area (Å²) in [5, 5.41) is 13.3. The molecule has 0 unspecified atom stereocenters. The number of aromatic hydroxyl groups is 1. The van der Waals surface area contributed by atoms with E-state index in [0.717, 1.165) is 28.9 Å². The van der Waals surface area contributed by atoms with Gasteiger partial charge in [-0.25, -0.2) is 5.43 Å². The lowest BCUT2D eigenvalue weighted by atomic mass is 10.2. The van der Waals surface area contributed by atoms with E-state index in [-0.39, 0.29) is 11.3 Å². The van der Waals surface area contributed by atoms with Crippen LogP contribution in [-0.4, -0.2) is 23.6 Å². The maximum atomic E-state index is 12.2. The SMILES string of the molecule is O=C(NN=Cc1cc(OC(F)(F)F)ccc1O)c1ccc(Br)cc1Br. The Balaban J connectivity index is 2.11. The van der Waals surface area contributed by atoms with Crippen molar-refractivity contribution in [2.75, 3.05) is 0 Å². The highest BCUT2D eigenvalue weighted by molar-refractivity contribution is 9.11. The Morgan fingerprint density at radius 2 is 1.92 bits per heavy atom. The molecule has 0 atom stereocenters. The van der Waals surface area contributed by atoms with E-state index in [4.69, 9.17) is 0 Å². The number of carbonyl (C=O) groups excluding carboxylic acids is 1. The van der Waals surface area contributed by atoms with Gasteiger partial charge in [-0.1, -0.05) is 15.9 Å². The van der Waals surface area contributed by atoms with E-state index in [1.54, 1.807) is 18.2 Å². The lowest BCUT2D eigenvalue weighted by molar-refractivity contribution is -0.274. The first-order chi connectivity index (χ1) is 11.7. The fourth-order valence-electron chi connectivity index (χ4n) is 1.73. The average molecular weight is 482 g/mol. The average Bonchev–Trinajstić information content (AvgIpc) is 2.48. The summed E-state index contributed by atoms with van der Waals surface area (Å²) in [5.41, 5.74) is 2.46. The van der Waals surface area contributed by atoms with Crippen molar-refractivity contribution in [1.82, 2.24) is 5.43 Å². The largest absolute Gasteiger partial charge is 0.573 e. The summed E-state index contributed by atoms with van der Waals surface area (Å²) in [5.74, 6) is -1.39. The maximum Gasteiger partial charge on any atom is 0.573 e. The topological polar surface area (TPSA) is 70.9 Å². The molecular weight excluding hydrogens is 473 g/mol. The molecule has 132 valence electrons. The fraction of sp³-hybridized carbons (Fsp3) is 0.0667. The molecule has 0 aromatic heterocycles. The van der Waals surface area contributed by atoms with Gasteiger partial charge in [-0.15, -0.1) is 13.2 Å². The number of hydrazone groups is 1. The Morgan fingerprint density at radius 3 is 2.56 bits per heavy atom. The Morgan fingerprint density at radius 1 is 1.20 bits per heavy atom. The highest BCUT2D eigenvalue weighted by Crippen LogP contribution is 2.27. The van der Waals surface area contributed by atoms with Gasteiger partial charge in [-0.05, 0) is 52.3 Å². The first-order valence-corrected chi connectivity index (χ1v) is 8.11. The van der Waals surface area contributed by atoms with Gasteiger partial charge in [0.25, 0.3) is 5.91 Å². The zero-order chi connectivity index (χ0) is 18.6. The van der Waals surface area contributed by atoms with Crippen molar-refractivity contribution in [3.8, 4) is 11.5 Å². The van der Waals surface area contributed by atoms with Crippen LogP contribution in [0, 0.1) is 0 Å². The number of nitrogens with one attached hydrogen (secondary N) is 1. The third-order valence-corrected chi connectivity index (χ3v) is 3.93. The predicted molar refractivity (Wildman–Crippen MR) is 91.7 cm³/mol. The van der Waals surface area contributed by atoms with E-state index in [9.17, 15) is 23.1 Å². The van der Waals surface area contributed by atoms with E-state index in [1.807, 2.05) is 0 Å². The summed E-state index contributed by atoms with van der Waals surface area (Å²) in [6, 6.07) is 7.80. The molecule has 0 heterocycles. The van der Waals surface area contributed by atoms with Gasteiger partial charge in [0.2, 0.25) is 0 Å². The number of benzene rings is 2. The van der Waals surface area contributed by atoms with Crippen LogP contribution in [0.15, 0.2) is 50.4 Å². The third-order valence-electron chi connectivity index (χ3n) is 2.78. The van der Waals surface area contributed by atoms with Gasteiger partial charge in [0, 0.05) is 14.5 Å². The van der Waals surface area contributed by atoms with Gasteiger partial charge in [-0.2, -0.15) is 5.10 Å². The number of hydrogen-bond acceptors (Lipinski definition) is 4. The molecule has 1 amide bonds. The Kier molecular flexibility index (Phi) is 6.07. The Labute approximate surface area is 156 Å². The molecule has 2 aromatic carbocycles. The molecule has 2 rings (SSSR count). The van der Waals surface area contributed by atoms with Gasteiger partial charge < -0.3 is 9.84 Å². The van der Waals surface area contributed by atoms with Crippen LogP contribution in [0.4, 0.5) is 13.2 Å². The summed E-state index contributed by atoms with van der Waals surface area (Å²) in [6.45, 7) is 0. The highest BCUT2D eigenvalue weighted by Gasteiger charge is 2.31. The van der Waals surface area contributed by atoms with Crippen LogP contribution in [-0.2, 0) is 0 Å². The third kappa shape index (κ3) is 5.75. The summed E-state index contributed by atoms with van der Waals surface area (Å²) in [6.07, 6.45) is -3.85. The standard InChI is InChI=1S/C15H9Br2F3N2O3/c16-9-1-3-11(12(17)6-9)14(24)22-21-7-8-5-10(2-4-13(8)23)25-15(18,19)20/h1-7,23H,(H,22,24). The molecule has 0 spiro atoms. The van der Waals surface area contributed by atoms with Gasteiger partial charge in [0.1, 0.15) is 11.5 Å². The maximum absolute atomic E-state index is 12.2. The molecule has 0 aliphatic heterocycles. The fourth-order valence-corrected chi connectivity index (χ4v) is 2.95. The summed E-state index contributed by atoms with van der Waals surface area (Å²) < 4.78 is 41.7. The van der Waals surface area contributed by atoms with Crippen LogP contribution >= 0.6 is 31.9 Å². The van der Waals surface area contributed by atoms with E-state index < -0.39 is 18.0 Å². The molecule has 0 aliphatic rings. The molecule has 25 heavy (non-hydrogen) atoms. The molecule has 0 radical (unpaired) electrons. The molecule has 0 fully saturated rings. The number of hydrogen-bond donors (Lipinski definition) is 2. The predicted octanol–water partition coefficient (Wildman–Crippen LogP) is 4.58. The monoisotopic (exact) mass is 480 g/mol. The van der Waals surface area contributed by atoms with Gasteiger partial charge in [-0.3, -0.25) is 4.79 Å². The van der Waals surface area contributed by atoms with Crippen LogP contribution < -0.4 is 10.2 Å². The minimum absolute atomic E-state index is 0.0584. The van der Waals surface area contributed by atoms with Crippen molar-refractivity contribution in [3.05, 3.63) is 56.5 Å². The van der Waals surface area contributed by atoms with Gasteiger partial charge in [0.05, 0.1) is 11.8 Å². The lowest BCUT2D eigenvalue weighted by Crippen LogP contribution is -2.18. The highest BCUT2D eigenvalue weighted by atomic mass is 79.9. The number of nitrogens with zero attached hydrogens (tertiary/aromatic N) is 1.